The van der Waals surface area contributed by atoms with Gasteiger partial charge in [0.1, 0.15) is 5.75 Å². The third-order valence-electron chi connectivity index (χ3n) is 2.52. The number of phenolic OH excluding ortho intramolecular Hbond substituents is 1. The van der Waals surface area contributed by atoms with Gasteiger partial charge in [0.15, 0.2) is 0 Å². The number of nitrogens with one attached hydrogen (secondary N) is 1. The zero-order chi connectivity index (χ0) is 11.1. The van der Waals surface area contributed by atoms with Crippen LogP contribution in [0.1, 0.15) is 0 Å². The van der Waals surface area contributed by atoms with E-state index >= 15 is 0 Å². The van der Waals surface area contributed by atoms with Crippen molar-refractivity contribution >= 4 is 22.2 Å². The molecule has 1 aliphatic heterocycles. The van der Waals surface area contributed by atoms with Gasteiger partial charge in [0.05, 0.1) is 32.0 Å². The van der Waals surface area contributed by atoms with Crippen LogP contribution < -0.4 is 5.32 Å². The minimum Gasteiger partial charge on any atom is -0.508 e. The smallest absolute Gasteiger partial charge is 0.116 e. The Labute approximate surface area is 95.2 Å². The molecule has 1 atom stereocenters. The molecule has 0 saturated heterocycles. The van der Waals surface area contributed by atoms with Crippen LogP contribution >= 0.6 is 0 Å². The van der Waals surface area contributed by atoms with Crippen LogP contribution in [0.25, 0.3) is 0 Å². The van der Waals surface area contributed by atoms with Crippen molar-refractivity contribution in [2.45, 2.75) is 9.79 Å². The van der Waals surface area contributed by atoms with Crippen molar-refractivity contribution in [3.63, 3.8) is 0 Å². The van der Waals surface area contributed by atoms with Crippen LogP contribution in [0.5, 0.6) is 5.75 Å². The van der Waals surface area contributed by atoms with Crippen LogP contribution in [0.3, 0.4) is 0 Å². The number of phenols is 1. The molecule has 0 bridgehead atoms. The lowest BCUT2D eigenvalue weighted by molar-refractivity contribution is 0.473. The summed E-state index contributed by atoms with van der Waals surface area (Å²) in [5.74, 6) is 0.133. The summed E-state index contributed by atoms with van der Waals surface area (Å²) < 4.78 is 12.2. The Kier molecular flexibility index (Phi) is 1.97. The van der Waals surface area contributed by atoms with E-state index in [1.54, 1.807) is 12.1 Å². The molecule has 0 radical (unpaired) electrons. The summed E-state index contributed by atoms with van der Waals surface area (Å²) in [4.78, 5) is 1.37. The Morgan fingerprint density at radius 1 is 1.00 bits per heavy atom. The van der Waals surface area contributed by atoms with Crippen molar-refractivity contribution in [3.8, 4) is 5.75 Å². The molecular formula is C12H9NO2S. The summed E-state index contributed by atoms with van der Waals surface area (Å²) in [6.45, 7) is 0. The Bertz CT molecular complexity index is 595. The van der Waals surface area contributed by atoms with E-state index in [0.717, 1.165) is 16.3 Å². The van der Waals surface area contributed by atoms with Gasteiger partial charge in [-0.15, -0.1) is 0 Å². The first-order valence-corrected chi connectivity index (χ1v) is 6.01. The second kappa shape index (κ2) is 3.35. The normalized spacial score (nSPS) is 17.1. The molecule has 0 saturated carbocycles. The van der Waals surface area contributed by atoms with Gasteiger partial charge < -0.3 is 10.4 Å². The average Bonchev–Trinajstić information content (AvgIpc) is 2.31. The highest BCUT2D eigenvalue weighted by atomic mass is 32.2. The SMILES string of the molecule is O=S1c2ccccc2Nc2ccc(O)cc21. The molecule has 1 aliphatic rings. The highest BCUT2D eigenvalue weighted by Crippen LogP contribution is 2.37. The van der Waals surface area contributed by atoms with Gasteiger partial charge in [-0.2, -0.15) is 0 Å². The summed E-state index contributed by atoms with van der Waals surface area (Å²) in [6.07, 6.45) is 0. The molecule has 0 aliphatic carbocycles. The zero-order valence-electron chi connectivity index (χ0n) is 8.31. The monoisotopic (exact) mass is 231 g/mol. The molecule has 2 aromatic carbocycles. The van der Waals surface area contributed by atoms with Crippen LogP contribution in [0.2, 0.25) is 0 Å². The van der Waals surface area contributed by atoms with Gasteiger partial charge in [-0.1, -0.05) is 12.1 Å². The highest BCUT2D eigenvalue weighted by Gasteiger charge is 2.21. The van der Waals surface area contributed by atoms with Gasteiger partial charge in [-0.3, -0.25) is 0 Å². The summed E-state index contributed by atoms with van der Waals surface area (Å²) in [5, 5.41) is 12.6. The van der Waals surface area contributed by atoms with Crippen LogP contribution in [-0.4, -0.2) is 9.32 Å². The van der Waals surface area contributed by atoms with Gasteiger partial charge >= 0.3 is 0 Å². The Morgan fingerprint density at radius 3 is 2.62 bits per heavy atom. The molecule has 16 heavy (non-hydrogen) atoms. The average molecular weight is 231 g/mol. The van der Waals surface area contributed by atoms with E-state index in [-0.39, 0.29) is 5.75 Å². The number of hydrogen-bond acceptors (Lipinski definition) is 3. The van der Waals surface area contributed by atoms with Crippen molar-refractivity contribution in [2.75, 3.05) is 5.32 Å². The molecule has 3 nitrogen and oxygen atoms in total. The van der Waals surface area contributed by atoms with Crippen molar-refractivity contribution < 1.29 is 9.32 Å². The maximum Gasteiger partial charge on any atom is 0.116 e. The van der Waals surface area contributed by atoms with Crippen molar-refractivity contribution in [1.29, 1.82) is 0 Å². The lowest BCUT2D eigenvalue weighted by Gasteiger charge is -2.20. The zero-order valence-corrected chi connectivity index (χ0v) is 9.12. The van der Waals surface area contributed by atoms with Gasteiger partial charge in [-0.05, 0) is 30.3 Å². The van der Waals surface area contributed by atoms with E-state index in [0.29, 0.717) is 4.90 Å². The number of para-hydroxylation sites is 1. The first-order valence-electron chi connectivity index (χ1n) is 4.86. The topological polar surface area (TPSA) is 49.3 Å². The molecule has 0 fully saturated rings. The predicted molar refractivity (Wildman–Crippen MR) is 62.5 cm³/mol. The van der Waals surface area contributed by atoms with E-state index in [4.69, 9.17) is 0 Å². The minimum atomic E-state index is -1.22. The fraction of sp³-hybridized carbons (Fsp3) is 0. The maximum atomic E-state index is 12.2. The van der Waals surface area contributed by atoms with Crippen LogP contribution in [0.15, 0.2) is 52.3 Å². The highest BCUT2D eigenvalue weighted by molar-refractivity contribution is 7.85. The van der Waals surface area contributed by atoms with E-state index in [2.05, 4.69) is 5.32 Å². The number of fused-ring (bicyclic) bond motifs is 2. The summed E-state index contributed by atoms with van der Waals surface area (Å²) in [5.41, 5.74) is 1.65. The molecule has 0 amide bonds. The third kappa shape index (κ3) is 1.31. The van der Waals surface area contributed by atoms with Gasteiger partial charge in [0.2, 0.25) is 0 Å². The fourth-order valence-corrected chi connectivity index (χ4v) is 3.07. The molecule has 1 heterocycles. The lowest BCUT2D eigenvalue weighted by Crippen LogP contribution is -2.07. The van der Waals surface area contributed by atoms with E-state index in [1.165, 1.54) is 6.07 Å². The molecule has 1 unspecified atom stereocenters. The molecule has 80 valence electrons. The maximum absolute atomic E-state index is 12.2. The Morgan fingerprint density at radius 2 is 1.75 bits per heavy atom. The van der Waals surface area contributed by atoms with Crippen molar-refractivity contribution in [3.05, 3.63) is 42.5 Å². The van der Waals surface area contributed by atoms with E-state index in [9.17, 15) is 9.32 Å². The second-order valence-electron chi connectivity index (χ2n) is 3.57. The van der Waals surface area contributed by atoms with Crippen molar-refractivity contribution in [2.24, 2.45) is 0 Å². The molecular weight excluding hydrogens is 222 g/mol. The predicted octanol–water partition coefficient (Wildman–Crippen LogP) is 2.62. The summed E-state index contributed by atoms with van der Waals surface area (Å²) >= 11 is 0. The van der Waals surface area contributed by atoms with Gasteiger partial charge in [-0.25, -0.2) is 4.21 Å². The minimum absolute atomic E-state index is 0.133. The largest absolute Gasteiger partial charge is 0.508 e. The lowest BCUT2D eigenvalue weighted by atomic mass is 10.2. The molecule has 4 heteroatoms. The van der Waals surface area contributed by atoms with E-state index < -0.39 is 10.8 Å². The standard InChI is InChI=1S/C12H9NO2S/c14-8-5-6-10-12(7-8)16(15)11-4-2-1-3-9(11)13-10/h1-7,13-14H. The van der Waals surface area contributed by atoms with Crippen molar-refractivity contribution in [1.82, 2.24) is 0 Å². The molecule has 2 aromatic rings. The third-order valence-corrected chi connectivity index (χ3v) is 4.01. The number of anilines is 2. The number of aromatic hydroxyl groups is 1. The molecule has 2 N–H and O–H groups in total. The molecule has 3 rings (SSSR count). The fourth-order valence-electron chi connectivity index (χ4n) is 1.76. The second-order valence-corrected chi connectivity index (χ2v) is 4.99. The van der Waals surface area contributed by atoms with Crippen LogP contribution in [0, 0.1) is 0 Å². The molecule has 0 spiro atoms. The van der Waals surface area contributed by atoms with Crippen LogP contribution in [-0.2, 0) is 10.8 Å². The molecule has 0 aromatic heterocycles. The number of hydrogen-bond donors (Lipinski definition) is 2. The van der Waals surface area contributed by atoms with Gasteiger partial charge in [0.25, 0.3) is 0 Å². The van der Waals surface area contributed by atoms with E-state index in [1.807, 2.05) is 24.3 Å². The summed E-state index contributed by atoms with van der Waals surface area (Å²) in [6, 6.07) is 12.3. The first kappa shape index (κ1) is 9.42. The number of rotatable bonds is 0. The quantitative estimate of drug-likeness (QED) is 0.585. The Hall–Kier alpha value is -1.81. The van der Waals surface area contributed by atoms with Crippen LogP contribution in [0.4, 0.5) is 11.4 Å². The Balaban J connectivity index is 2.23. The first-order chi connectivity index (χ1) is 7.75. The summed E-state index contributed by atoms with van der Waals surface area (Å²) in [7, 11) is -1.22. The number of benzene rings is 2. The van der Waals surface area contributed by atoms with Gasteiger partial charge in [0, 0.05) is 0 Å².